The fourth-order valence-corrected chi connectivity index (χ4v) is 4.55. The minimum absolute atomic E-state index is 0.105. The number of fused-ring (bicyclic) bond motifs is 3. The molecule has 0 bridgehead atoms. The van der Waals surface area contributed by atoms with Crippen LogP contribution < -0.4 is 5.32 Å². The van der Waals surface area contributed by atoms with Crippen molar-refractivity contribution in [2.45, 2.75) is 56.7 Å². The normalized spacial score (nSPS) is 16.6. The summed E-state index contributed by atoms with van der Waals surface area (Å²) < 4.78 is 11.4. The van der Waals surface area contributed by atoms with Crippen molar-refractivity contribution < 1.29 is 29.0 Å². The topological polar surface area (TPSA) is 105 Å². The van der Waals surface area contributed by atoms with Crippen LogP contribution in [0.2, 0.25) is 0 Å². The highest BCUT2D eigenvalue weighted by atomic mass is 16.5. The van der Waals surface area contributed by atoms with E-state index in [0.717, 1.165) is 22.3 Å². The Morgan fingerprint density at radius 1 is 1.06 bits per heavy atom. The summed E-state index contributed by atoms with van der Waals surface area (Å²) in [6, 6.07) is 15.0. The van der Waals surface area contributed by atoms with Crippen molar-refractivity contribution in [1.29, 1.82) is 0 Å². The average Bonchev–Trinajstić information content (AvgIpc) is 3.57. The highest BCUT2D eigenvalue weighted by Crippen LogP contribution is 2.44. The minimum atomic E-state index is -1.22. The van der Waals surface area contributed by atoms with Crippen molar-refractivity contribution in [2.24, 2.45) is 0 Å². The zero-order chi connectivity index (χ0) is 25.4. The standard InChI is InChI=1S/C27H32N2O6/c1-26(2,3)35-16-22(23(30)29(4)27(13-14-27)24(31)32)28-25(33)34-15-21-19-11-7-5-9-17(19)18-10-6-8-12-20(18)21/h5-12,21-22H,13-16H2,1-4H3,(H,28,33)(H,31,32)/t22-/m0/s1. The Morgan fingerprint density at radius 3 is 2.09 bits per heavy atom. The van der Waals surface area contributed by atoms with Crippen LogP contribution in [0, 0.1) is 0 Å². The lowest BCUT2D eigenvalue weighted by Crippen LogP contribution is -2.55. The number of carbonyl (C=O) groups is 3. The predicted molar refractivity (Wildman–Crippen MR) is 130 cm³/mol. The summed E-state index contributed by atoms with van der Waals surface area (Å²) in [5, 5.41) is 12.2. The van der Waals surface area contributed by atoms with Crippen LogP contribution in [-0.4, -0.2) is 65.4 Å². The largest absolute Gasteiger partial charge is 0.479 e. The highest BCUT2D eigenvalue weighted by molar-refractivity contribution is 5.93. The average molecular weight is 481 g/mol. The Morgan fingerprint density at radius 2 is 1.60 bits per heavy atom. The summed E-state index contributed by atoms with van der Waals surface area (Å²) in [6.45, 7) is 5.52. The van der Waals surface area contributed by atoms with Gasteiger partial charge in [0.15, 0.2) is 0 Å². The van der Waals surface area contributed by atoms with E-state index in [0.29, 0.717) is 12.8 Å². The number of carboxylic acid groups (broad SMARTS) is 1. The van der Waals surface area contributed by atoms with Crippen molar-refractivity contribution in [2.75, 3.05) is 20.3 Å². The summed E-state index contributed by atoms with van der Waals surface area (Å²) in [5.74, 6) is -1.69. The molecule has 35 heavy (non-hydrogen) atoms. The third kappa shape index (κ3) is 5.03. The summed E-state index contributed by atoms with van der Waals surface area (Å²) in [6.07, 6.45) is 0.00126. The van der Waals surface area contributed by atoms with E-state index in [2.05, 4.69) is 17.4 Å². The van der Waals surface area contributed by atoms with Gasteiger partial charge < -0.3 is 24.8 Å². The molecule has 8 nitrogen and oxygen atoms in total. The fourth-order valence-electron chi connectivity index (χ4n) is 4.55. The van der Waals surface area contributed by atoms with Crippen molar-refractivity contribution >= 4 is 18.0 Å². The molecule has 2 amide bonds. The van der Waals surface area contributed by atoms with Crippen LogP contribution in [0.25, 0.3) is 11.1 Å². The van der Waals surface area contributed by atoms with Gasteiger partial charge in [-0.1, -0.05) is 48.5 Å². The number of rotatable bonds is 8. The second-order valence-electron chi connectivity index (χ2n) is 10.2. The molecule has 0 spiro atoms. The van der Waals surface area contributed by atoms with Crippen LogP contribution in [0.1, 0.15) is 50.7 Å². The van der Waals surface area contributed by atoms with Gasteiger partial charge in [0.2, 0.25) is 5.91 Å². The maximum atomic E-state index is 13.2. The number of hydrogen-bond acceptors (Lipinski definition) is 5. The van der Waals surface area contributed by atoms with Crippen molar-refractivity contribution in [1.82, 2.24) is 10.2 Å². The first-order valence-electron chi connectivity index (χ1n) is 11.8. The molecule has 0 unspecified atom stereocenters. The second kappa shape index (κ2) is 9.34. The smallest absolute Gasteiger partial charge is 0.407 e. The molecule has 0 aromatic heterocycles. The van der Waals surface area contributed by atoms with Crippen LogP contribution in [0.5, 0.6) is 0 Å². The van der Waals surface area contributed by atoms with E-state index >= 15 is 0 Å². The van der Waals surface area contributed by atoms with E-state index < -0.39 is 35.2 Å². The number of hydrogen-bond donors (Lipinski definition) is 2. The van der Waals surface area contributed by atoms with E-state index in [4.69, 9.17) is 9.47 Å². The third-order valence-electron chi connectivity index (χ3n) is 6.71. The molecular weight excluding hydrogens is 448 g/mol. The van der Waals surface area contributed by atoms with Crippen molar-refractivity contribution in [3.8, 4) is 11.1 Å². The first-order valence-corrected chi connectivity index (χ1v) is 11.8. The van der Waals surface area contributed by atoms with E-state index in [9.17, 15) is 19.5 Å². The van der Waals surface area contributed by atoms with Crippen LogP contribution in [0.15, 0.2) is 48.5 Å². The first kappa shape index (κ1) is 24.7. The Bertz CT molecular complexity index is 1090. The Kier molecular flexibility index (Phi) is 6.60. The number of aliphatic carboxylic acids is 1. The molecular formula is C27H32N2O6. The number of benzene rings is 2. The van der Waals surface area contributed by atoms with Gasteiger partial charge >= 0.3 is 12.1 Å². The van der Waals surface area contributed by atoms with Crippen LogP contribution in [-0.2, 0) is 19.1 Å². The summed E-state index contributed by atoms with van der Waals surface area (Å²) >= 11 is 0. The molecule has 0 aliphatic heterocycles. The van der Waals surface area contributed by atoms with Crippen LogP contribution >= 0.6 is 0 Å². The Balaban J connectivity index is 1.45. The zero-order valence-corrected chi connectivity index (χ0v) is 20.5. The molecule has 2 aromatic rings. The molecule has 2 aromatic carbocycles. The van der Waals surface area contributed by atoms with Crippen LogP contribution in [0.4, 0.5) is 4.79 Å². The molecule has 4 rings (SSSR count). The quantitative estimate of drug-likeness (QED) is 0.596. The number of nitrogens with one attached hydrogen (secondary N) is 1. The molecule has 1 saturated carbocycles. The van der Waals surface area contributed by atoms with Gasteiger partial charge in [0.1, 0.15) is 18.2 Å². The summed E-state index contributed by atoms with van der Waals surface area (Å²) in [5.41, 5.74) is 2.64. The molecule has 1 fully saturated rings. The molecule has 2 N–H and O–H groups in total. The lowest BCUT2D eigenvalue weighted by atomic mass is 9.98. The summed E-state index contributed by atoms with van der Waals surface area (Å²) in [4.78, 5) is 38.9. The number of amides is 2. The molecule has 0 radical (unpaired) electrons. The van der Waals surface area contributed by atoms with Gasteiger partial charge in [0.05, 0.1) is 12.2 Å². The fraction of sp³-hybridized carbons (Fsp3) is 0.444. The highest BCUT2D eigenvalue weighted by Gasteiger charge is 2.56. The molecule has 0 saturated heterocycles. The van der Waals surface area contributed by atoms with E-state index in [-0.39, 0.29) is 19.1 Å². The van der Waals surface area contributed by atoms with E-state index in [1.165, 1.54) is 11.9 Å². The van der Waals surface area contributed by atoms with Gasteiger partial charge in [-0.25, -0.2) is 9.59 Å². The predicted octanol–water partition coefficient (Wildman–Crippen LogP) is 3.78. The Labute approximate surface area is 205 Å². The number of nitrogens with zero attached hydrogens (tertiary/aromatic N) is 1. The number of likely N-dealkylation sites (N-methyl/N-ethyl adjacent to an activating group) is 1. The summed E-state index contributed by atoms with van der Waals surface area (Å²) in [7, 11) is 1.45. The van der Waals surface area contributed by atoms with Crippen molar-refractivity contribution in [3.05, 3.63) is 59.7 Å². The third-order valence-corrected chi connectivity index (χ3v) is 6.71. The SMILES string of the molecule is CN(C(=O)[C@H](COC(C)(C)C)NC(=O)OCC1c2ccccc2-c2ccccc21)C1(C(=O)O)CC1. The van der Waals surface area contributed by atoms with E-state index in [1.807, 2.05) is 57.2 Å². The molecule has 2 aliphatic rings. The maximum Gasteiger partial charge on any atom is 0.407 e. The van der Waals surface area contributed by atoms with Gasteiger partial charge in [-0.05, 0) is 55.9 Å². The molecule has 186 valence electrons. The minimum Gasteiger partial charge on any atom is -0.479 e. The van der Waals surface area contributed by atoms with Crippen LogP contribution in [0.3, 0.4) is 0 Å². The molecule has 8 heteroatoms. The molecule has 0 heterocycles. The monoisotopic (exact) mass is 480 g/mol. The van der Waals surface area contributed by atoms with Gasteiger partial charge in [0, 0.05) is 13.0 Å². The zero-order valence-electron chi connectivity index (χ0n) is 20.5. The molecule has 1 atom stereocenters. The first-order chi connectivity index (χ1) is 16.5. The number of carboxylic acids is 1. The lowest BCUT2D eigenvalue weighted by Gasteiger charge is -2.30. The number of alkyl carbamates (subject to hydrolysis) is 1. The van der Waals surface area contributed by atoms with Gasteiger partial charge in [-0.3, -0.25) is 4.79 Å². The lowest BCUT2D eigenvalue weighted by molar-refractivity contribution is -0.153. The van der Waals surface area contributed by atoms with Gasteiger partial charge in [-0.15, -0.1) is 0 Å². The van der Waals surface area contributed by atoms with Gasteiger partial charge in [0.25, 0.3) is 0 Å². The maximum absolute atomic E-state index is 13.2. The number of ether oxygens (including phenoxy) is 2. The van der Waals surface area contributed by atoms with E-state index in [1.54, 1.807) is 0 Å². The van der Waals surface area contributed by atoms with Gasteiger partial charge in [-0.2, -0.15) is 0 Å². The van der Waals surface area contributed by atoms with Crippen molar-refractivity contribution in [3.63, 3.8) is 0 Å². The second-order valence-corrected chi connectivity index (χ2v) is 10.2. The molecule has 2 aliphatic carbocycles. The Hall–Kier alpha value is -3.39. The number of carbonyl (C=O) groups excluding carboxylic acids is 2.